The molecule has 122 valence electrons. The first-order chi connectivity index (χ1) is 11.5. The van der Waals surface area contributed by atoms with Crippen molar-refractivity contribution in [3.63, 3.8) is 0 Å². The first-order valence-corrected chi connectivity index (χ1v) is 9.06. The second kappa shape index (κ2) is 7.16. The zero-order chi connectivity index (χ0) is 17.3. The second-order valence-electron chi connectivity index (χ2n) is 4.67. The molecule has 0 saturated carbocycles. The molecule has 3 aromatic rings. The summed E-state index contributed by atoms with van der Waals surface area (Å²) in [6.07, 6.45) is 0. The standard InChI is InChI=1S/C16H9Br3N2O3/c1-23-16(22)9-5-3-2-4-8(9)14-20-21-15(24-14)10-6-7-11(17)13(19)12(10)18/h2-7H,1H3. The van der Waals surface area contributed by atoms with Gasteiger partial charge in [-0.25, -0.2) is 4.79 Å². The van der Waals surface area contributed by atoms with Crippen LogP contribution in [0, 0.1) is 0 Å². The highest BCUT2D eigenvalue weighted by Crippen LogP contribution is 2.38. The van der Waals surface area contributed by atoms with Gasteiger partial charge in [-0.1, -0.05) is 12.1 Å². The molecule has 2 aromatic carbocycles. The summed E-state index contributed by atoms with van der Waals surface area (Å²) in [6.45, 7) is 0. The van der Waals surface area contributed by atoms with Crippen LogP contribution in [0.5, 0.6) is 0 Å². The number of carbonyl (C=O) groups excluding carboxylic acids is 1. The zero-order valence-corrected chi connectivity index (χ0v) is 17.0. The van der Waals surface area contributed by atoms with E-state index in [4.69, 9.17) is 9.15 Å². The summed E-state index contributed by atoms with van der Waals surface area (Å²) < 4.78 is 13.1. The second-order valence-corrected chi connectivity index (χ2v) is 7.11. The van der Waals surface area contributed by atoms with Gasteiger partial charge in [0.1, 0.15) is 0 Å². The molecule has 0 aliphatic rings. The number of ether oxygens (including phenoxy) is 1. The average Bonchev–Trinajstić information content (AvgIpc) is 3.08. The van der Waals surface area contributed by atoms with Crippen molar-refractivity contribution in [1.29, 1.82) is 0 Å². The van der Waals surface area contributed by atoms with Gasteiger partial charge in [-0.05, 0) is 72.1 Å². The Kier molecular flexibility index (Phi) is 5.17. The lowest BCUT2D eigenvalue weighted by atomic mass is 10.1. The van der Waals surface area contributed by atoms with Crippen molar-refractivity contribution >= 4 is 53.8 Å². The zero-order valence-electron chi connectivity index (χ0n) is 12.2. The Labute approximate surface area is 162 Å². The van der Waals surface area contributed by atoms with Crippen LogP contribution in [0.1, 0.15) is 10.4 Å². The van der Waals surface area contributed by atoms with Crippen LogP contribution >= 0.6 is 47.8 Å². The summed E-state index contributed by atoms with van der Waals surface area (Å²) in [5.74, 6) is 0.125. The van der Waals surface area contributed by atoms with Crippen LogP contribution in [0.4, 0.5) is 0 Å². The van der Waals surface area contributed by atoms with Crippen LogP contribution in [0.2, 0.25) is 0 Å². The topological polar surface area (TPSA) is 65.2 Å². The van der Waals surface area contributed by atoms with Gasteiger partial charge in [0, 0.05) is 13.4 Å². The minimum absolute atomic E-state index is 0.247. The molecule has 0 saturated heterocycles. The number of aromatic nitrogens is 2. The number of esters is 1. The van der Waals surface area contributed by atoms with Gasteiger partial charge in [0.15, 0.2) is 0 Å². The van der Waals surface area contributed by atoms with Crippen LogP contribution in [-0.2, 0) is 4.74 Å². The maximum absolute atomic E-state index is 11.9. The van der Waals surface area contributed by atoms with Gasteiger partial charge in [-0.2, -0.15) is 0 Å². The third kappa shape index (κ3) is 3.18. The first-order valence-electron chi connectivity index (χ1n) is 6.68. The summed E-state index contributed by atoms with van der Waals surface area (Å²) >= 11 is 10.4. The van der Waals surface area contributed by atoms with Gasteiger partial charge in [0.05, 0.1) is 23.8 Å². The minimum atomic E-state index is -0.460. The van der Waals surface area contributed by atoms with Gasteiger partial charge >= 0.3 is 5.97 Å². The molecule has 0 radical (unpaired) electrons. The Bertz CT molecular complexity index is 925. The van der Waals surface area contributed by atoms with Crippen molar-refractivity contribution in [3.8, 4) is 22.9 Å². The lowest BCUT2D eigenvalue weighted by molar-refractivity contribution is 0.0601. The van der Waals surface area contributed by atoms with E-state index < -0.39 is 5.97 Å². The first kappa shape index (κ1) is 17.3. The maximum atomic E-state index is 11.9. The van der Waals surface area contributed by atoms with E-state index in [1.807, 2.05) is 12.1 Å². The van der Waals surface area contributed by atoms with Crippen molar-refractivity contribution < 1.29 is 13.9 Å². The largest absolute Gasteiger partial charge is 0.465 e. The van der Waals surface area contributed by atoms with E-state index in [0.717, 1.165) is 19.0 Å². The van der Waals surface area contributed by atoms with Crippen molar-refractivity contribution in [2.24, 2.45) is 0 Å². The summed E-state index contributed by atoms with van der Waals surface area (Å²) in [7, 11) is 1.33. The Morgan fingerprint density at radius 3 is 2.33 bits per heavy atom. The number of benzene rings is 2. The molecule has 1 aromatic heterocycles. The molecule has 3 rings (SSSR count). The number of hydrogen-bond donors (Lipinski definition) is 0. The lowest BCUT2D eigenvalue weighted by Crippen LogP contribution is -2.03. The van der Waals surface area contributed by atoms with Crippen molar-refractivity contribution in [3.05, 3.63) is 55.4 Å². The average molecular weight is 517 g/mol. The van der Waals surface area contributed by atoms with Crippen LogP contribution < -0.4 is 0 Å². The van der Waals surface area contributed by atoms with Crippen molar-refractivity contribution in [1.82, 2.24) is 10.2 Å². The predicted octanol–water partition coefficient (Wildman–Crippen LogP) is 5.48. The summed E-state index contributed by atoms with van der Waals surface area (Å²) in [6, 6.07) is 10.6. The van der Waals surface area contributed by atoms with E-state index in [1.54, 1.807) is 24.3 Å². The van der Waals surface area contributed by atoms with E-state index in [0.29, 0.717) is 17.0 Å². The van der Waals surface area contributed by atoms with Gasteiger partial charge in [0.25, 0.3) is 0 Å². The number of hydrogen-bond acceptors (Lipinski definition) is 5. The molecule has 0 spiro atoms. The molecule has 1 heterocycles. The van der Waals surface area contributed by atoms with Gasteiger partial charge in [-0.15, -0.1) is 10.2 Å². The highest BCUT2D eigenvalue weighted by Gasteiger charge is 2.20. The third-order valence-electron chi connectivity index (χ3n) is 3.25. The molecule has 0 bridgehead atoms. The predicted molar refractivity (Wildman–Crippen MR) is 99.6 cm³/mol. The quantitative estimate of drug-likeness (QED) is 0.341. The maximum Gasteiger partial charge on any atom is 0.338 e. The van der Waals surface area contributed by atoms with Crippen LogP contribution in [0.3, 0.4) is 0 Å². The number of nitrogens with zero attached hydrogens (tertiary/aromatic N) is 2. The smallest absolute Gasteiger partial charge is 0.338 e. The molecule has 0 atom stereocenters. The normalized spacial score (nSPS) is 10.7. The van der Waals surface area contributed by atoms with E-state index >= 15 is 0 Å². The van der Waals surface area contributed by atoms with Crippen molar-refractivity contribution in [2.75, 3.05) is 7.11 Å². The highest BCUT2D eigenvalue weighted by molar-refractivity contribution is 9.14. The molecular weight excluding hydrogens is 508 g/mol. The summed E-state index contributed by atoms with van der Waals surface area (Å²) in [4.78, 5) is 11.9. The number of methoxy groups -OCH3 is 1. The molecule has 8 heteroatoms. The van der Waals surface area contributed by atoms with E-state index in [2.05, 4.69) is 58.0 Å². The molecule has 0 fully saturated rings. The SMILES string of the molecule is COC(=O)c1ccccc1-c1nnc(-c2ccc(Br)c(Br)c2Br)o1. The Hall–Kier alpha value is -1.51. The molecule has 0 amide bonds. The minimum Gasteiger partial charge on any atom is -0.465 e. The Morgan fingerprint density at radius 1 is 0.958 bits per heavy atom. The fourth-order valence-electron chi connectivity index (χ4n) is 2.09. The Balaban J connectivity index is 2.07. The fraction of sp³-hybridized carbons (Fsp3) is 0.0625. The van der Waals surface area contributed by atoms with Crippen LogP contribution in [-0.4, -0.2) is 23.3 Å². The lowest BCUT2D eigenvalue weighted by Gasteiger charge is -2.05. The van der Waals surface area contributed by atoms with Gasteiger partial charge in [0.2, 0.25) is 11.8 Å². The number of rotatable bonds is 3. The molecule has 24 heavy (non-hydrogen) atoms. The highest BCUT2D eigenvalue weighted by atomic mass is 79.9. The molecular formula is C16H9Br3N2O3. The Morgan fingerprint density at radius 2 is 1.62 bits per heavy atom. The molecule has 0 N–H and O–H groups in total. The number of halogens is 3. The van der Waals surface area contributed by atoms with E-state index in [-0.39, 0.29) is 5.89 Å². The molecule has 0 unspecified atom stereocenters. The van der Waals surface area contributed by atoms with Gasteiger partial charge < -0.3 is 9.15 Å². The molecule has 5 nitrogen and oxygen atoms in total. The van der Waals surface area contributed by atoms with Gasteiger partial charge in [-0.3, -0.25) is 0 Å². The van der Waals surface area contributed by atoms with Crippen molar-refractivity contribution in [2.45, 2.75) is 0 Å². The molecule has 0 aliphatic carbocycles. The van der Waals surface area contributed by atoms with Crippen LogP contribution in [0.25, 0.3) is 22.9 Å². The molecule has 0 aliphatic heterocycles. The van der Waals surface area contributed by atoms with Crippen LogP contribution in [0.15, 0.2) is 54.2 Å². The number of carbonyl (C=O) groups is 1. The monoisotopic (exact) mass is 514 g/mol. The summed E-state index contributed by atoms with van der Waals surface area (Å²) in [5, 5.41) is 8.15. The third-order valence-corrected chi connectivity index (χ3v) is 6.63. The van der Waals surface area contributed by atoms with E-state index in [9.17, 15) is 4.79 Å². The summed E-state index contributed by atoms with van der Waals surface area (Å²) in [5.41, 5.74) is 1.63. The van der Waals surface area contributed by atoms with E-state index in [1.165, 1.54) is 7.11 Å². The fourth-order valence-corrected chi connectivity index (χ4v) is 3.55.